The minimum atomic E-state index is -0.0788. The Balaban J connectivity index is 2.09. The first kappa shape index (κ1) is 12.9. The first-order chi connectivity index (χ1) is 8.81. The van der Waals surface area contributed by atoms with Crippen LogP contribution in [0.1, 0.15) is 24.2 Å². The first-order valence-corrected chi connectivity index (χ1v) is 6.24. The second-order valence-corrected chi connectivity index (χ2v) is 4.29. The van der Waals surface area contributed by atoms with Gasteiger partial charge in [-0.05, 0) is 30.5 Å². The molecule has 2 rings (SSSR count). The normalized spacial score (nSPS) is 14.3. The van der Waals surface area contributed by atoms with Crippen LogP contribution in [0, 0.1) is 0 Å². The van der Waals surface area contributed by atoms with Crippen LogP contribution in [-0.2, 0) is 11.2 Å². The van der Waals surface area contributed by atoms with Crippen molar-refractivity contribution in [3.05, 3.63) is 60.1 Å². The van der Waals surface area contributed by atoms with Crippen LogP contribution in [0.15, 0.2) is 53.3 Å². The van der Waals surface area contributed by atoms with Gasteiger partial charge in [-0.15, -0.1) is 0 Å². The number of hydrogen-bond donors (Lipinski definition) is 1. The maximum Gasteiger partial charge on any atom is 0.0978 e. The molecule has 3 nitrogen and oxygen atoms in total. The van der Waals surface area contributed by atoms with Gasteiger partial charge in [0, 0.05) is 12.6 Å². The first-order valence-electron chi connectivity index (χ1n) is 6.24. The quantitative estimate of drug-likeness (QED) is 0.851. The average Bonchev–Trinajstić information content (AvgIpc) is 2.89. The lowest BCUT2D eigenvalue weighted by Crippen LogP contribution is -2.32. The molecule has 2 atom stereocenters. The summed E-state index contributed by atoms with van der Waals surface area (Å²) in [4.78, 5) is 0. The molecular formula is C15H19NO2. The molecule has 0 aliphatic carbocycles. The second kappa shape index (κ2) is 6.38. The van der Waals surface area contributed by atoms with Gasteiger partial charge in [0.05, 0.1) is 18.6 Å². The highest BCUT2D eigenvalue weighted by Gasteiger charge is 2.20. The molecule has 2 N–H and O–H groups in total. The van der Waals surface area contributed by atoms with Gasteiger partial charge in [0.15, 0.2) is 0 Å². The Morgan fingerprint density at radius 3 is 2.61 bits per heavy atom. The molecule has 0 spiro atoms. The smallest absolute Gasteiger partial charge is 0.0978 e. The van der Waals surface area contributed by atoms with Gasteiger partial charge in [0.2, 0.25) is 0 Å². The fourth-order valence-corrected chi connectivity index (χ4v) is 2.08. The molecule has 96 valence electrons. The van der Waals surface area contributed by atoms with Gasteiger partial charge < -0.3 is 14.9 Å². The molecule has 0 fully saturated rings. The largest absolute Gasteiger partial charge is 0.472 e. The SMILES string of the molecule is CCOC(c1ccccc1)C(N)Cc1ccoc1. The Kier molecular flexibility index (Phi) is 4.56. The lowest BCUT2D eigenvalue weighted by molar-refractivity contribution is 0.0433. The van der Waals surface area contributed by atoms with Gasteiger partial charge in [0.25, 0.3) is 0 Å². The zero-order chi connectivity index (χ0) is 12.8. The van der Waals surface area contributed by atoms with E-state index in [1.807, 2.05) is 31.2 Å². The van der Waals surface area contributed by atoms with E-state index in [2.05, 4.69) is 12.1 Å². The Morgan fingerprint density at radius 1 is 1.22 bits per heavy atom. The number of benzene rings is 1. The third kappa shape index (κ3) is 3.22. The van der Waals surface area contributed by atoms with Crippen LogP contribution in [0.5, 0.6) is 0 Å². The third-order valence-corrected chi connectivity index (χ3v) is 2.91. The Labute approximate surface area is 108 Å². The molecule has 1 aromatic carbocycles. The molecule has 2 aromatic rings. The van der Waals surface area contributed by atoms with Crippen LogP contribution in [0.2, 0.25) is 0 Å². The highest BCUT2D eigenvalue weighted by molar-refractivity contribution is 5.20. The van der Waals surface area contributed by atoms with Gasteiger partial charge in [-0.25, -0.2) is 0 Å². The van der Waals surface area contributed by atoms with Crippen LogP contribution < -0.4 is 5.73 Å². The van der Waals surface area contributed by atoms with Crippen molar-refractivity contribution in [3.8, 4) is 0 Å². The molecule has 3 heteroatoms. The molecule has 0 bridgehead atoms. The Morgan fingerprint density at radius 2 is 2.00 bits per heavy atom. The van der Waals surface area contributed by atoms with Crippen molar-refractivity contribution in [1.29, 1.82) is 0 Å². The molecule has 1 heterocycles. The van der Waals surface area contributed by atoms with Gasteiger partial charge >= 0.3 is 0 Å². The van der Waals surface area contributed by atoms with Crippen molar-refractivity contribution in [2.75, 3.05) is 6.61 Å². The summed E-state index contributed by atoms with van der Waals surface area (Å²) >= 11 is 0. The minimum Gasteiger partial charge on any atom is -0.472 e. The van der Waals surface area contributed by atoms with Crippen molar-refractivity contribution >= 4 is 0 Å². The van der Waals surface area contributed by atoms with E-state index in [-0.39, 0.29) is 12.1 Å². The lowest BCUT2D eigenvalue weighted by atomic mass is 9.98. The fraction of sp³-hybridized carbons (Fsp3) is 0.333. The lowest BCUT2D eigenvalue weighted by Gasteiger charge is -2.24. The van der Waals surface area contributed by atoms with Crippen LogP contribution in [0.3, 0.4) is 0 Å². The summed E-state index contributed by atoms with van der Waals surface area (Å²) in [5, 5.41) is 0. The topological polar surface area (TPSA) is 48.4 Å². The summed E-state index contributed by atoms with van der Waals surface area (Å²) in [6.45, 7) is 2.64. The summed E-state index contributed by atoms with van der Waals surface area (Å²) in [5.41, 5.74) is 8.48. The summed E-state index contributed by atoms with van der Waals surface area (Å²) in [6, 6.07) is 12.0. The minimum absolute atomic E-state index is 0.0777. The highest BCUT2D eigenvalue weighted by Crippen LogP contribution is 2.22. The molecule has 0 aliphatic heterocycles. The van der Waals surface area contributed by atoms with Gasteiger partial charge in [0.1, 0.15) is 0 Å². The fourth-order valence-electron chi connectivity index (χ4n) is 2.08. The van der Waals surface area contributed by atoms with E-state index in [0.717, 1.165) is 17.5 Å². The zero-order valence-electron chi connectivity index (χ0n) is 10.6. The van der Waals surface area contributed by atoms with E-state index in [0.29, 0.717) is 6.61 Å². The number of rotatable bonds is 6. The molecule has 0 radical (unpaired) electrons. The number of nitrogens with two attached hydrogens (primary N) is 1. The number of furan rings is 1. The van der Waals surface area contributed by atoms with Crippen LogP contribution in [0.25, 0.3) is 0 Å². The van der Waals surface area contributed by atoms with Crippen molar-refractivity contribution in [2.45, 2.75) is 25.5 Å². The molecule has 18 heavy (non-hydrogen) atoms. The maximum atomic E-state index is 6.26. The molecule has 2 unspecified atom stereocenters. The summed E-state index contributed by atoms with van der Waals surface area (Å²) < 4.78 is 10.8. The van der Waals surface area contributed by atoms with Crippen LogP contribution in [-0.4, -0.2) is 12.6 Å². The maximum absolute atomic E-state index is 6.26. The molecule has 1 aromatic heterocycles. The third-order valence-electron chi connectivity index (χ3n) is 2.91. The number of ether oxygens (including phenoxy) is 1. The Hall–Kier alpha value is -1.58. The van der Waals surface area contributed by atoms with E-state index < -0.39 is 0 Å². The van der Waals surface area contributed by atoms with Gasteiger partial charge in [-0.1, -0.05) is 30.3 Å². The van der Waals surface area contributed by atoms with E-state index in [9.17, 15) is 0 Å². The highest BCUT2D eigenvalue weighted by atomic mass is 16.5. The molecule has 0 saturated heterocycles. The average molecular weight is 245 g/mol. The van der Waals surface area contributed by atoms with Crippen molar-refractivity contribution < 1.29 is 9.15 Å². The monoisotopic (exact) mass is 245 g/mol. The summed E-state index contributed by atoms with van der Waals surface area (Å²) in [5.74, 6) is 0. The predicted molar refractivity (Wildman–Crippen MR) is 71.2 cm³/mol. The summed E-state index contributed by atoms with van der Waals surface area (Å²) in [7, 11) is 0. The van der Waals surface area contributed by atoms with E-state index in [1.165, 1.54) is 0 Å². The van der Waals surface area contributed by atoms with Crippen LogP contribution in [0.4, 0.5) is 0 Å². The molecule has 0 amide bonds. The van der Waals surface area contributed by atoms with E-state index in [1.54, 1.807) is 12.5 Å². The Bertz CT molecular complexity index is 439. The second-order valence-electron chi connectivity index (χ2n) is 4.29. The standard InChI is InChI=1S/C15H19NO2/c1-2-18-15(13-6-4-3-5-7-13)14(16)10-12-8-9-17-11-12/h3-9,11,14-15H,2,10,16H2,1H3. The zero-order valence-corrected chi connectivity index (χ0v) is 10.6. The summed E-state index contributed by atoms with van der Waals surface area (Å²) in [6.07, 6.45) is 4.07. The molecular weight excluding hydrogens is 226 g/mol. The van der Waals surface area contributed by atoms with Crippen molar-refractivity contribution in [1.82, 2.24) is 0 Å². The molecule has 0 aliphatic rings. The van der Waals surface area contributed by atoms with Crippen molar-refractivity contribution in [3.63, 3.8) is 0 Å². The van der Waals surface area contributed by atoms with Crippen LogP contribution >= 0.6 is 0 Å². The van der Waals surface area contributed by atoms with Gasteiger partial charge in [-0.3, -0.25) is 0 Å². The van der Waals surface area contributed by atoms with E-state index in [4.69, 9.17) is 14.9 Å². The van der Waals surface area contributed by atoms with Gasteiger partial charge in [-0.2, -0.15) is 0 Å². The molecule has 0 saturated carbocycles. The number of hydrogen-bond acceptors (Lipinski definition) is 3. The van der Waals surface area contributed by atoms with E-state index >= 15 is 0 Å². The van der Waals surface area contributed by atoms with Crippen molar-refractivity contribution in [2.24, 2.45) is 5.73 Å². The predicted octanol–water partition coefficient (Wildman–Crippen LogP) is 2.93.